The summed E-state index contributed by atoms with van der Waals surface area (Å²) in [4.78, 5) is 25.9. The van der Waals surface area contributed by atoms with Crippen LogP contribution < -0.4 is 35.9 Å². The molecule has 1 spiro atoms. The lowest BCUT2D eigenvalue weighted by Gasteiger charge is -2.41. The SMILES string of the molecule is COc1cc(O)cc2c1-c1ccc3c4c1C1(CCC(CC5=C(C#CCc6c(C7CCC8CC(=O)CCC8N7)c(O)c7c(c6C(O4)C3COC(C)=O)C=CC3NC4CCCC(CSSCC3O7)C4)NC(N)C=C5)C1)C2. The molecule has 12 nitrogen and oxygen atoms in total. The highest BCUT2D eigenvalue weighted by Gasteiger charge is 2.52. The summed E-state index contributed by atoms with van der Waals surface area (Å²) in [5.41, 5.74) is 16.6. The van der Waals surface area contributed by atoms with Crippen molar-refractivity contribution >= 4 is 39.4 Å². The molecule has 6 aliphatic heterocycles. The normalized spacial score (nSPS) is 33.3. The van der Waals surface area contributed by atoms with E-state index in [0.29, 0.717) is 60.8 Å². The molecule has 3 aromatic rings. The predicted octanol–water partition coefficient (Wildman–Crippen LogP) is 9.64. The summed E-state index contributed by atoms with van der Waals surface area (Å²) in [6.07, 6.45) is 19.9. The molecule has 7 N–H and O–H groups in total. The van der Waals surface area contributed by atoms with Crippen molar-refractivity contribution in [2.45, 2.75) is 157 Å². The highest BCUT2D eigenvalue weighted by molar-refractivity contribution is 8.76. The summed E-state index contributed by atoms with van der Waals surface area (Å²) >= 11 is 0. The number of esters is 1. The Hall–Kier alpha value is -5.04. The first-order valence-electron chi connectivity index (χ1n) is 27.4. The minimum Gasteiger partial charge on any atom is -0.508 e. The summed E-state index contributed by atoms with van der Waals surface area (Å²) in [6, 6.07) is 8.06. The maximum atomic E-state index is 13.3. The van der Waals surface area contributed by atoms with Gasteiger partial charge in [-0.1, -0.05) is 64.3 Å². The minimum atomic E-state index is -0.687. The Morgan fingerprint density at radius 1 is 0.973 bits per heavy atom. The second-order valence-corrected chi connectivity index (χ2v) is 25.6. The average Bonchev–Trinajstić information content (AvgIpc) is 3.92. The highest BCUT2D eigenvalue weighted by Crippen LogP contribution is 2.64. The Morgan fingerprint density at radius 3 is 2.74 bits per heavy atom. The molecule has 12 unspecified atom stereocenters. The van der Waals surface area contributed by atoms with Crippen LogP contribution in [0, 0.1) is 29.6 Å². The van der Waals surface area contributed by atoms with E-state index in [0.717, 1.165) is 130 Å². The summed E-state index contributed by atoms with van der Waals surface area (Å²) in [7, 11) is 5.46. The first-order valence-corrected chi connectivity index (χ1v) is 29.8. The third kappa shape index (κ3) is 8.61. The van der Waals surface area contributed by atoms with E-state index in [1.54, 1.807) is 13.2 Å². The maximum absolute atomic E-state index is 13.3. The number of hydrogen-bond acceptors (Lipinski definition) is 14. The number of hydrogen-bond donors (Lipinski definition) is 6. The number of ether oxygens (including phenoxy) is 4. The molecule has 12 atom stereocenters. The summed E-state index contributed by atoms with van der Waals surface area (Å²) in [5.74, 6) is 12.0. The van der Waals surface area contributed by atoms with Gasteiger partial charge in [0.25, 0.3) is 0 Å². The van der Waals surface area contributed by atoms with Gasteiger partial charge < -0.3 is 50.8 Å². The van der Waals surface area contributed by atoms with E-state index in [1.165, 1.54) is 19.8 Å². The topological polar surface area (TPSA) is 174 Å². The number of methoxy groups -OCH3 is 1. The van der Waals surface area contributed by atoms with E-state index >= 15 is 0 Å². The molecule has 5 fully saturated rings. The van der Waals surface area contributed by atoms with Gasteiger partial charge in [0.1, 0.15) is 41.8 Å². The van der Waals surface area contributed by atoms with E-state index in [1.807, 2.05) is 33.7 Å². The van der Waals surface area contributed by atoms with Crippen molar-refractivity contribution in [1.29, 1.82) is 0 Å². The molecule has 4 aliphatic carbocycles. The van der Waals surface area contributed by atoms with Crippen molar-refractivity contribution < 1.29 is 38.7 Å². The molecule has 0 amide bonds. The van der Waals surface area contributed by atoms with Crippen LogP contribution in [0.1, 0.15) is 147 Å². The van der Waals surface area contributed by atoms with Crippen LogP contribution in [0.15, 0.2) is 53.8 Å². The number of dihydropyridines is 1. The number of piperidine rings is 1. The smallest absolute Gasteiger partial charge is 0.302 e. The lowest BCUT2D eigenvalue weighted by Crippen LogP contribution is -2.49. The molecule has 6 heterocycles. The molecule has 2 saturated heterocycles. The molecule has 10 aliphatic rings. The molecular formula is C60H68N4O8S2. The zero-order chi connectivity index (χ0) is 50.4. The van der Waals surface area contributed by atoms with Crippen LogP contribution in [0.25, 0.3) is 17.2 Å². The number of fused-ring (bicyclic) bond motifs is 12. The van der Waals surface area contributed by atoms with E-state index in [2.05, 4.69) is 58.2 Å². The summed E-state index contributed by atoms with van der Waals surface area (Å²) in [5, 5.41) is 36.1. The van der Waals surface area contributed by atoms with Crippen LogP contribution in [-0.4, -0.2) is 77.6 Å². The van der Waals surface area contributed by atoms with Crippen LogP contribution in [0.3, 0.4) is 0 Å². The number of carbonyl (C=O) groups is 2. The Morgan fingerprint density at radius 2 is 1.86 bits per heavy atom. The van der Waals surface area contributed by atoms with Gasteiger partial charge >= 0.3 is 5.97 Å². The maximum Gasteiger partial charge on any atom is 0.302 e. The molecule has 0 radical (unpaired) electrons. The van der Waals surface area contributed by atoms with Crippen LogP contribution in [0.4, 0.5) is 0 Å². The van der Waals surface area contributed by atoms with Crippen molar-refractivity contribution in [3.05, 3.63) is 92.7 Å². The number of benzene rings is 3. The molecule has 3 aromatic carbocycles. The van der Waals surface area contributed by atoms with Crippen molar-refractivity contribution in [2.24, 2.45) is 23.5 Å². The first-order chi connectivity index (χ1) is 36.0. The fourth-order valence-electron chi connectivity index (χ4n) is 15.2. The lowest BCUT2D eigenvalue weighted by molar-refractivity contribution is -0.142. The highest BCUT2D eigenvalue weighted by atomic mass is 33.1. The zero-order valence-corrected chi connectivity index (χ0v) is 44.1. The van der Waals surface area contributed by atoms with E-state index in [4.69, 9.17) is 24.7 Å². The van der Waals surface area contributed by atoms with Crippen LogP contribution in [-0.2, 0) is 32.6 Å². The standard InChI is InChI=1S/C60H68N4O8S2/c1-31(65)70-28-44-40-12-13-42-52-36(24-39(67)25-49(52)69-2)27-60-20-19-32(26-60)21-34-10-18-51(61)64-45(34)8-4-7-41-53(57(44)72-58(40)55(42)60)43-14-17-47-50(30-74-73-29-33-5-3-6-37(22-33)62-47)71-59(43)56(68)54(41)48-15-9-35-23-38(66)11-16-46(35)63-48/h10,12-14,17-18,24-25,32-33,35,37,44,46-48,50-51,57,62-64,67-68H,3,5-7,9,11,15-16,19-23,26-30,61H2,1-2H3. The Labute approximate surface area is 442 Å². The van der Waals surface area contributed by atoms with Crippen molar-refractivity contribution in [2.75, 3.05) is 25.2 Å². The van der Waals surface area contributed by atoms with Gasteiger partial charge in [-0.05, 0) is 129 Å². The number of ketones is 1. The van der Waals surface area contributed by atoms with Crippen LogP contribution in [0.5, 0.6) is 28.7 Å². The van der Waals surface area contributed by atoms with Gasteiger partial charge in [0.05, 0.1) is 30.9 Å². The van der Waals surface area contributed by atoms with Gasteiger partial charge in [0.2, 0.25) is 0 Å². The van der Waals surface area contributed by atoms with Gasteiger partial charge in [-0.2, -0.15) is 0 Å². The fourth-order valence-corrected chi connectivity index (χ4v) is 17.9. The van der Waals surface area contributed by atoms with Gasteiger partial charge in [-0.25, -0.2) is 0 Å². The minimum absolute atomic E-state index is 0.0726. The lowest BCUT2D eigenvalue weighted by atomic mass is 9.65. The van der Waals surface area contributed by atoms with Gasteiger partial charge in [-0.15, -0.1) is 0 Å². The number of Topliss-reactive ketones (excluding diaryl/α,β-unsaturated/α-hetero) is 1. The fraction of sp³-hybridized carbons (Fsp3) is 0.533. The van der Waals surface area contributed by atoms with E-state index in [9.17, 15) is 19.8 Å². The summed E-state index contributed by atoms with van der Waals surface area (Å²) < 4.78 is 27.5. The predicted molar refractivity (Wildman–Crippen MR) is 289 cm³/mol. The average molecular weight is 1040 g/mol. The number of nitrogens with two attached hydrogens (primary N) is 1. The molecular weight excluding hydrogens is 969 g/mol. The number of aromatic hydroxyl groups is 2. The molecule has 0 aromatic heterocycles. The Bertz CT molecular complexity index is 2980. The third-order valence-corrected chi connectivity index (χ3v) is 21.1. The van der Waals surface area contributed by atoms with E-state index < -0.39 is 18.2 Å². The number of rotatable bonds is 4. The van der Waals surface area contributed by atoms with E-state index in [-0.39, 0.29) is 66.1 Å². The molecule has 13 rings (SSSR count). The first kappa shape index (κ1) is 48.6. The second-order valence-electron chi connectivity index (χ2n) is 23.1. The molecule has 74 heavy (non-hydrogen) atoms. The van der Waals surface area contributed by atoms with Gasteiger partial charge in [-0.3, -0.25) is 9.59 Å². The molecule has 388 valence electrons. The van der Waals surface area contributed by atoms with Gasteiger partial charge in [0, 0.05) is 101 Å². The molecule has 3 saturated carbocycles. The van der Waals surface area contributed by atoms with Crippen LogP contribution in [0.2, 0.25) is 0 Å². The largest absolute Gasteiger partial charge is 0.508 e. The number of nitrogens with one attached hydrogen (secondary N) is 3. The van der Waals surface area contributed by atoms with Crippen molar-refractivity contribution in [3.8, 4) is 51.7 Å². The Balaban J connectivity index is 1.06. The number of phenols is 2. The van der Waals surface area contributed by atoms with Crippen molar-refractivity contribution in [3.63, 3.8) is 0 Å². The molecule has 6 bridgehead atoms. The zero-order valence-electron chi connectivity index (χ0n) is 42.4. The van der Waals surface area contributed by atoms with Crippen LogP contribution >= 0.6 is 21.6 Å². The second kappa shape index (κ2) is 19.5. The molecule has 14 heteroatoms. The third-order valence-electron chi connectivity index (χ3n) is 18.5. The quantitative estimate of drug-likeness (QED) is 0.0829. The van der Waals surface area contributed by atoms with Gasteiger partial charge in [0.15, 0.2) is 11.5 Å². The van der Waals surface area contributed by atoms with Crippen molar-refractivity contribution in [1.82, 2.24) is 16.0 Å². The monoisotopic (exact) mass is 1040 g/mol. The summed E-state index contributed by atoms with van der Waals surface area (Å²) in [6.45, 7) is 1.54. The number of carbonyl (C=O) groups excluding carboxylic acids is 2. The number of allylic oxidation sites excluding steroid dienone is 3. The Kier molecular flexibility index (Phi) is 12.8. The number of phenolic OH excluding ortho intramolecular Hbond substituents is 2.